The zero-order valence-corrected chi connectivity index (χ0v) is 15.2. The number of ether oxygens (including phenoxy) is 4. The Morgan fingerprint density at radius 3 is 2.28 bits per heavy atom. The molecule has 1 heterocycles. The summed E-state index contributed by atoms with van der Waals surface area (Å²) >= 11 is 0. The van der Waals surface area contributed by atoms with Crippen LogP contribution in [-0.2, 0) is 9.47 Å². The summed E-state index contributed by atoms with van der Waals surface area (Å²) in [5.74, 6) is 1.78. The van der Waals surface area contributed by atoms with E-state index in [1.807, 2.05) is 4.90 Å². The van der Waals surface area contributed by atoms with E-state index in [1.165, 1.54) is 0 Å². The highest BCUT2D eigenvalue weighted by atomic mass is 16.5. The van der Waals surface area contributed by atoms with Crippen LogP contribution in [0.5, 0.6) is 11.5 Å². The number of urea groups is 1. The lowest BCUT2D eigenvalue weighted by Gasteiger charge is -2.32. The zero-order chi connectivity index (χ0) is 18.1. The Bertz CT molecular complexity index is 522. The zero-order valence-electron chi connectivity index (χ0n) is 15.2. The molecule has 0 unspecified atom stereocenters. The number of piperidine rings is 1. The molecule has 0 bridgehead atoms. The third-order valence-corrected chi connectivity index (χ3v) is 4.29. The lowest BCUT2D eigenvalue weighted by molar-refractivity contribution is 0.0386. The molecule has 1 aromatic carbocycles. The molecule has 1 aromatic rings. The van der Waals surface area contributed by atoms with E-state index in [-0.39, 0.29) is 6.03 Å². The second kappa shape index (κ2) is 10.1. The summed E-state index contributed by atoms with van der Waals surface area (Å²) in [6.07, 6.45) is 1.89. The molecule has 25 heavy (non-hydrogen) atoms. The van der Waals surface area contributed by atoms with E-state index in [1.54, 1.807) is 39.5 Å². The number of nitrogens with zero attached hydrogens (tertiary/aromatic N) is 1. The molecule has 1 N–H and O–H groups in total. The molecular weight excluding hydrogens is 324 g/mol. The predicted molar refractivity (Wildman–Crippen MR) is 95.6 cm³/mol. The molecule has 7 nitrogen and oxygen atoms in total. The molecule has 1 aliphatic rings. The van der Waals surface area contributed by atoms with Gasteiger partial charge in [-0.1, -0.05) is 0 Å². The van der Waals surface area contributed by atoms with E-state index >= 15 is 0 Å². The van der Waals surface area contributed by atoms with Gasteiger partial charge in [-0.15, -0.1) is 0 Å². The Balaban J connectivity index is 1.80. The SMILES string of the molecule is COCCOCC1CCN(C(=O)Nc2cc(OC)cc(OC)c2)CC1. The fourth-order valence-corrected chi connectivity index (χ4v) is 2.78. The minimum absolute atomic E-state index is 0.103. The van der Waals surface area contributed by atoms with E-state index in [2.05, 4.69) is 5.32 Å². The number of carbonyl (C=O) groups is 1. The molecule has 0 saturated carbocycles. The quantitative estimate of drug-likeness (QED) is 0.729. The van der Waals surface area contributed by atoms with Crippen LogP contribution in [0.15, 0.2) is 18.2 Å². The number of anilines is 1. The average Bonchev–Trinajstić information content (AvgIpc) is 2.65. The summed E-state index contributed by atoms with van der Waals surface area (Å²) in [4.78, 5) is 14.3. The highest BCUT2D eigenvalue weighted by molar-refractivity contribution is 5.89. The number of carbonyl (C=O) groups excluding carboxylic acids is 1. The first kappa shape index (κ1) is 19.3. The van der Waals surface area contributed by atoms with Crippen LogP contribution in [0.25, 0.3) is 0 Å². The van der Waals surface area contributed by atoms with Crippen molar-refractivity contribution in [1.82, 2.24) is 4.90 Å². The summed E-state index contributed by atoms with van der Waals surface area (Å²) in [5, 5.41) is 2.92. The first-order valence-electron chi connectivity index (χ1n) is 8.52. The van der Waals surface area contributed by atoms with E-state index in [0.717, 1.165) is 32.5 Å². The topological polar surface area (TPSA) is 69.3 Å². The Morgan fingerprint density at radius 1 is 1.08 bits per heavy atom. The number of hydrogen-bond acceptors (Lipinski definition) is 5. The lowest BCUT2D eigenvalue weighted by Crippen LogP contribution is -2.41. The smallest absolute Gasteiger partial charge is 0.321 e. The van der Waals surface area contributed by atoms with Crippen LogP contribution in [0, 0.1) is 5.92 Å². The number of rotatable bonds is 8. The van der Waals surface area contributed by atoms with E-state index in [0.29, 0.717) is 36.3 Å². The fraction of sp³-hybridized carbons (Fsp3) is 0.611. The molecule has 140 valence electrons. The minimum Gasteiger partial charge on any atom is -0.497 e. The molecule has 7 heteroatoms. The number of hydrogen-bond donors (Lipinski definition) is 1. The molecule has 1 saturated heterocycles. The van der Waals surface area contributed by atoms with Crippen molar-refractivity contribution in [3.63, 3.8) is 0 Å². The van der Waals surface area contributed by atoms with Crippen molar-refractivity contribution in [1.29, 1.82) is 0 Å². The van der Waals surface area contributed by atoms with Crippen LogP contribution in [-0.4, -0.2) is 65.2 Å². The second-order valence-corrected chi connectivity index (χ2v) is 6.03. The van der Waals surface area contributed by atoms with Crippen LogP contribution in [0.2, 0.25) is 0 Å². The Morgan fingerprint density at radius 2 is 1.72 bits per heavy atom. The fourth-order valence-electron chi connectivity index (χ4n) is 2.78. The number of benzene rings is 1. The molecule has 0 atom stereocenters. The third kappa shape index (κ3) is 6.10. The van der Waals surface area contributed by atoms with Crippen molar-refractivity contribution in [3.05, 3.63) is 18.2 Å². The van der Waals surface area contributed by atoms with Crippen molar-refractivity contribution in [2.24, 2.45) is 5.92 Å². The van der Waals surface area contributed by atoms with Crippen molar-refractivity contribution in [3.8, 4) is 11.5 Å². The van der Waals surface area contributed by atoms with E-state index in [4.69, 9.17) is 18.9 Å². The van der Waals surface area contributed by atoms with Crippen molar-refractivity contribution >= 4 is 11.7 Å². The summed E-state index contributed by atoms with van der Waals surface area (Å²) in [7, 11) is 4.83. The maximum Gasteiger partial charge on any atom is 0.321 e. The van der Waals surface area contributed by atoms with Gasteiger partial charge >= 0.3 is 6.03 Å². The van der Waals surface area contributed by atoms with Gasteiger partial charge in [-0.3, -0.25) is 0 Å². The van der Waals surface area contributed by atoms with Gasteiger partial charge in [0.1, 0.15) is 11.5 Å². The predicted octanol–water partition coefficient (Wildman–Crippen LogP) is 2.61. The highest BCUT2D eigenvalue weighted by Gasteiger charge is 2.23. The molecule has 1 aliphatic heterocycles. The summed E-state index contributed by atoms with van der Waals surface area (Å²) in [5.41, 5.74) is 0.659. The largest absolute Gasteiger partial charge is 0.497 e. The van der Waals surface area contributed by atoms with Crippen molar-refractivity contribution < 1.29 is 23.7 Å². The Labute approximate surface area is 149 Å². The maximum atomic E-state index is 12.5. The standard InChI is InChI=1S/C18H28N2O5/c1-22-8-9-25-13-14-4-6-20(7-5-14)18(21)19-15-10-16(23-2)12-17(11-15)24-3/h10-12,14H,4-9,13H2,1-3H3,(H,19,21). The molecule has 0 aliphatic carbocycles. The van der Waals surface area contributed by atoms with Gasteiger partial charge in [-0.2, -0.15) is 0 Å². The molecule has 2 amide bonds. The van der Waals surface area contributed by atoms with Gasteiger partial charge in [0, 0.05) is 50.7 Å². The summed E-state index contributed by atoms with van der Waals surface area (Å²) < 4.78 is 21.0. The summed E-state index contributed by atoms with van der Waals surface area (Å²) in [6.45, 7) is 3.42. The third-order valence-electron chi connectivity index (χ3n) is 4.29. The maximum absolute atomic E-state index is 12.5. The molecule has 0 aromatic heterocycles. The normalized spacial score (nSPS) is 15.1. The molecule has 0 spiro atoms. The van der Waals surface area contributed by atoms with Crippen LogP contribution < -0.4 is 14.8 Å². The number of nitrogens with one attached hydrogen (secondary N) is 1. The first-order chi connectivity index (χ1) is 12.2. The molecule has 1 fully saturated rings. The second-order valence-electron chi connectivity index (χ2n) is 6.03. The van der Waals surface area contributed by atoms with Gasteiger partial charge in [0.05, 0.1) is 27.4 Å². The highest BCUT2D eigenvalue weighted by Crippen LogP contribution is 2.26. The minimum atomic E-state index is -0.103. The molecular formula is C18H28N2O5. The van der Waals surface area contributed by atoms with Gasteiger partial charge in [0.25, 0.3) is 0 Å². The van der Waals surface area contributed by atoms with Gasteiger partial charge in [0.15, 0.2) is 0 Å². The van der Waals surface area contributed by atoms with E-state index < -0.39 is 0 Å². The molecule has 0 radical (unpaired) electrons. The number of amides is 2. The van der Waals surface area contributed by atoms with Crippen LogP contribution >= 0.6 is 0 Å². The monoisotopic (exact) mass is 352 g/mol. The number of likely N-dealkylation sites (tertiary alicyclic amines) is 1. The lowest BCUT2D eigenvalue weighted by atomic mass is 9.98. The van der Waals surface area contributed by atoms with Crippen LogP contribution in [0.4, 0.5) is 10.5 Å². The van der Waals surface area contributed by atoms with Crippen molar-refractivity contribution in [2.45, 2.75) is 12.8 Å². The van der Waals surface area contributed by atoms with Gasteiger partial charge in [0.2, 0.25) is 0 Å². The van der Waals surface area contributed by atoms with Crippen molar-refractivity contribution in [2.75, 3.05) is 59.6 Å². The van der Waals surface area contributed by atoms with Gasteiger partial charge < -0.3 is 29.2 Å². The van der Waals surface area contributed by atoms with Crippen LogP contribution in [0.3, 0.4) is 0 Å². The Hall–Kier alpha value is -1.99. The summed E-state index contributed by atoms with van der Waals surface area (Å²) in [6, 6.07) is 5.22. The number of methoxy groups -OCH3 is 3. The molecule has 2 rings (SSSR count). The van der Waals surface area contributed by atoms with E-state index in [9.17, 15) is 4.79 Å². The van der Waals surface area contributed by atoms with Gasteiger partial charge in [-0.25, -0.2) is 4.79 Å². The Kier molecular flexibility index (Phi) is 7.81. The average molecular weight is 352 g/mol. The van der Waals surface area contributed by atoms with Gasteiger partial charge in [-0.05, 0) is 18.8 Å². The van der Waals surface area contributed by atoms with Crippen LogP contribution in [0.1, 0.15) is 12.8 Å². The first-order valence-corrected chi connectivity index (χ1v) is 8.52.